The second-order valence-corrected chi connectivity index (χ2v) is 11.6. The van der Waals surface area contributed by atoms with Gasteiger partial charge in [0.25, 0.3) is 0 Å². The Balaban J connectivity index is 0.0000116. The minimum Gasteiger partial charge on any atom is -1.00 e. The molecule has 0 saturated carbocycles. The zero-order valence-corrected chi connectivity index (χ0v) is 25.9. The zero-order chi connectivity index (χ0) is 24.7. The summed E-state index contributed by atoms with van der Waals surface area (Å²) in [5.74, 6) is 0. The number of benzene rings is 1. The van der Waals surface area contributed by atoms with Gasteiger partial charge in [-0.25, -0.2) is 0 Å². The molecule has 1 aromatic rings. The third-order valence-electron chi connectivity index (χ3n) is 7.95. The number of nitrogens with zero attached hydrogens (tertiary/aromatic N) is 1. The lowest BCUT2D eigenvalue weighted by Gasteiger charge is -2.39. The van der Waals surface area contributed by atoms with Crippen LogP contribution in [-0.2, 0) is 0 Å². The van der Waals surface area contributed by atoms with Gasteiger partial charge in [0, 0.05) is 12.0 Å². The fraction of sp³-hybridized carbons (Fsp3) is 0.818. The number of rotatable bonds is 24. The van der Waals surface area contributed by atoms with Crippen LogP contribution in [-0.4, -0.2) is 25.1 Å². The summed E-state index contributed by atoms with van der Waals surface area (Å²) < 4.78 is 1.15. The molecule has 1 rings (SSSR count). The van der Waals surface area contributed by atoms with Crippen molar-refractivity contribution < 1.29 is 21.5 Å². The maximum atomic E-state index is 2.49. The molecule has 0 saturated heterocycles. The molecule has 206 valence electrons. The van der Waals surface area contributed by atoms with Gasteiger partial charge in [0.05, 0.1) is 20.6 Å². The monoisotopic (exact) mass is 551 g/mol. The van der Waals surface area contributed by atoms with Crippen LogP contribution in [0.4, 0.5) is 0 Å². The smallest absolute Gasteiger partial charge is 0.114 e. The first kappa shape index (κ1) is 34.7. The fourth-order valence-corrected chi connectivity index (χ4v) is 5.58. The summed E-state index contributed by atoms with van der Waals surface area (Å²) in [6.07, 6.45) is 29.9. The van der Waals surface area contributed by atoms with Crippen LogP contribution in [0.25, 0.3) is 0 Å². The van der Waals surface area contributed by atoms with Crippen LogP contribution >= 0.6 is 0 Å². The van der Waals surface area contributed by atoms with E-state index in [1.807, 2.05) is 0 Å². The van der Waals surface area contributed by atoms with Gasteiger partial charge in [0.2, 0.25) is 0 Å². The van der Waals surface area contributed by atoms with Crippen LogP contribution in [0.2, 0.25) is 0 Å². The lowest BCUT2D eigenvalue weighted by atomic mass is 9.96. The first-order chi connectivity index (χ1) is 16.6. The normalized spacial score (nSPS) is 12.5. The summed E-state index contributed by atoms with van der Waals surface area (Å²) in [6, 6.07) is 12.0. The summed E-state index contributed by atoms with van der Waals surface area (Å²) in [5.41, 5.74) is 1.55. The third-order valence-corrected chi connectivity index (χ3v) is 7.95. The molecule has 0 spiro atoms. The molecule has 0 aliphatic carbocycles. The van der Waals surface area contributed by atoms with Crippen molar-refractivity contribution in [3.8, 4) is 0 Å². The van der Waals surface area contributed by atoms with Gasteiger partial charge in [-0.2, -0.15) is 0 Å². The van der Waals surface area contributed by atoms with Gasteiger partial charge in [-0.15, -0.1) is 0 Å². The van der Waals surface area contributed by atoms with E-state index in [4.69, 9.17) is 0 Å². The van der Waals surface area contributed by atoms with Gasteiger partial charge in [-0.1, -0.05) is 153 Å². The average molecular weight is 553 g/mol. The van der Waals surface area contributed by atoms with Crippen LogP contribution in [0.5, 0.6) is 0 Å². The Bertz CT molecular complexity index is 541. The molecule has 0 heterocycles. The van der Waals surface area contributed by atoms with E-state index in [1.54, 1.807) is 5.56 Å². The van der Waals surface area contributed by atoms with Crippen LogP contribution in [0, 0.1) is 0 Å². The fourth-order valence-electron chi connectivity index (χ4n) is 5.58. The van der Waals surface area contributed by atoms with Crippen molar-refractivity contribution in [2.45, 2.75) is 155 Å². The molecule has 2 heteroatoms. The number of hydrogen-bond acceptors (Lipinski definition) is 0. The second-order valence-electron chi connectivity index (χ2n) is 11.6. The highest BCUT2D eigenvalue weighted by atomic mass is 79.9. The SMILES string of the molecule is CCCCCCCCCCCCC(c1ccccc1)[N+](C)(C)CCCCCCCCCCCC.[Br-]. The first-order valence-corrected chi connectivity index (χ1v) is 15.5. The van der Waals surface area contributed by atoms with E-state index in [2.05, 4.69) is 58.3 Å². The van der Waals surface area contributed by atoms with E-state index in [0.29, 0.717) is 6.04 Å². The summed E-state index contributed by atoms with van der Waals surface area (Å²) in [7, 11) is 4.98. The topological polar surface area (TPSA) is 0 Å². The van der Waals surface area contributed by atoms with Crippen LogP contribution in [0.1, 0.15) is 160 Å². The lowest BCUT2D eigenvalue weighted by Crippen LogP contribution is -3.00. The highest BCUT2D eigenvalue weighted by Gasteiger charge is 2.28. The summed E-state index contributed by atoms with van der Waals surface area (Å²) in [6.45, 7) is 5.92. The molecule has 0 aliphatic heterocycles. The standard InChI is InChI=1S/C33H62N.BrH/c1-5-7-9-11-13-15-17-19-21-26-30-33(32-28-24-23-25-29-32)34(3,4)31-27-22-20-18-16-14-12-10-8-6-2;/h23-25,28-29,33H,5-22,26-27,30-31H2,1-4H3;1H/q+1;/p-1. The van der Waals surface area contributed by atoms with Crippen molar-refractivity contribution in [3.63, 3.8) is 0 Å². The second kappa shape index (κ2) is 24.0. The van der Waals surface area contributed by atoms with Gasteiger partial charge in [-0.05, 0) is 19.3 Å². The molecule has 0 fully saturated rings. The van der Waals surface area contributed by atoms with E-state index in [1.165, 1.54) is 141 Å². The number of quaternary nitrogens is 1. The average Bonchev–Trinajstić information content (AvgIpc) is 2.84. The van der Waals surface area contributed by atoms with Crippen molar-refractivity contribution in [1.29, 1.82) is 0 Å². The van der Waals surface area contributed by atoms with Crippen molar-refractivity contribution >= 4 is 0 Å². The number of unbranched alkanes of at least 4 members (excludes halogenated alkanes) is 18. The Morgan fingerprint density at radius 3 is 1.31 bits per heavy atom. The molecule has 0 N–H and O–H groups in total. The van der Waals surface area contributed by atoms with Crippen molar-refractivity contribution in [2.24, 2.45) is 0 Å². The molecule has 1 aromatic carbocycles. The summed E-state index contributed by atoms with van der Waals surface area (Å²) in [4.78, 5) is 0. The highest BCUT2D eigenvalue weighted by Crippen LogP contribution is 2.31. The molecule has 0 amide bonds. The highest BCUT2D eigenvalue weighted by molar-refractivity contribution is 5.17. The van der Waals surface area contributed by atoms with Gasteiger partial charge < -0.3 is 21.5 Å². The summed E-state index contributed by atoms with van der Waals surface area (Å²) in [5, 5.41) is 0. The van der Waals surface area contributed by atoms with E-state index < -0.39 is 0 Å². The van der Waals surface area contributed by atoms with Gasteiger partial charge in [0.1, 0.15) is 6.04 Å². The van der Waals surface area contributed by atoms with Crippen LogP contribution < -0.4 is 17.0 Å². The molecule has 35 heavy (non-hydrogen) atoms. The molecule has 1 nitrogen and oxygen atoms in total. The van der Waals surface area contributed by atoms with Gasteiger partial charge in [-0.3, -0.25) is 0 Å². The largest absolute Gasteiger partial charge is 1.00 e. The molecule has 0 aliphatic rings. The van der Waals surface area contributed by atoms with Gasteiger partial charge in [0.15, 0.2) is 0 Å². The molecule has 0 aromatic heterocycles. The molecular weight excluding hydrogens is 490 g/mol. The molecule has 0 bridgehead atoms. The molecule has 1 atom stereocenters. The minimum atomic E-state index is 0. The number of halogens is 1. The van der Waals surface area contributed by atoms with Crippen LogP contribution in [0.15, 0.2) is 30.3 Å². The van der Waals surface area contributed by atoms with Crippen molar-refractivity contribution in [1.82, 2.24) is 0 Å². The third kappa shape index (κ3) is 18.5. The Kier molecular flexibility index (Phi) is 23.8. The zero-order valence-electron chi connectivity index (χ0n) is 24.3. The molecule has 0 radical (unpaired) electrons. The van der Waals surface area contributed by atoms with Crippen LogP contribution in [0.3, 0.4) is 0 Å². The maximum Gasteiger partial charge on any atom is 0.114 e. The van der Waals surface area contributed by atoms with E-state index >= 15 is 0 Å². The lowest BCUT2D eigenvalue weighted by molar-refractivity contribution is -0.921. The Labute approximate surface area is 232 Å². The van der Waals surface area contributed by atoms with E-state index in [0.717, 1.165) is 4.48 Å². The predicted molar refractivity (Wildman–Crippen MR) is 154 cm³/mol. The Morgan fingerprint density at radius 2 is 0.886 bits per heavy atom. The molecular formula is C33H62BrN. The van der Waals surface area contributed by atoms with Crippen molar-refractivity contribution in [3.05, 3.63) is 35.9 Å². The minimum absolute atomic E-state index is 0. The number of hydrogen-bond donors (Lipinski definition) is 0. The quantitative estimate of drug-likeness (QED) is 0.0899. The molecule has 1 unspecified atom stereocenters. The predicted octanol–water partition coefficient (Wildman–Crippen LogP) is 8.04. The summed E-state index contributed by atoms with van der Waals surface area (Å²) >= 11 is 0. The van der Waals surface area contributed by atoms with Crippen molar-refractivity contribution in [2.75, 3.05) is 20.6 Å². The van der Waals surface area contributed by atoms with E-state index in [-0.39, 0.29) is 17.0 Å². The van der Waals surface area contributed by atoms with E-state index in [9.17, 15) is 0 Å². The van der Waals surface area contributed by atoms with Gasteiger partial charge >= 0.3 is 0 Å². The maximum absolute atomic E-state index is 2.49. The Hall–Kier alpha value is -0.340. The first-order valence-electron chi connectivity index (χ1n) is 15.5. The Morgan fingerprint density at radius 1 is 0.514 bits per heavy atom.